The molecule has 0 unspecified atom stereocenters. The number of rotatable bonds is 5. The minimum Gasteiger partial charge on any atom is -0.457 e. The highest BCUT2D eigenvalue weighted by molar-refractivity contribution is 5.42. The second-order valence-electron chi connectivity index (χ2n) is 5.52. The fourth-order valence-corrected chi connectivity index (χ4v) is 2.47. The van der Waals surface area contributed by atoms with Gasteiger partial charge in [-0.05, 0) is 55.3 Å². The molecule has 0 amide bonds. The predicted molar refractivity (Wildman–Crippen MR) is 84.5 cm³/mol. The maximum atomic E-state index is 13.9. The number of ether oxygens (including phenoxy) is 1. The van der Waals surface area contributed by atoms with Crippen molar-refractivity contribution in [2.75, 3.05) is 7.05 Å². The quantitative estimate of drug-likeness (QED) is 0.855. The fourth-order valence-electron chi connectivity index (χ4n) is 2.47. The van der Waals surface area contributed by atoms with Gasteiger partial charge in [0.2, 0.25) is 0 Å². The van der Waals surface area contributed by atoms with Crippen molar-refractivity contribution in [1.82, 2.24) is 5.32 Å². The Hall–Kier alpha value is -1.87. The molecule has 0 spiro atoms. The average molecular weight is 287 g/mol. The van der Waals surface area contributed by atoms with Crippen LogP contribution in [-0.2, 0) is 6.54 Å². The Bertz CT molecular complexity index is 623. The van der Waals surface area contributed by atoms with Crippen LogP contribution in [0.15, 0.2) is 36.4 Å². The van der Waals surface area contributed by atoms with E-state index in [1.54, 1.807) is 19.2 Å². The molecule has 0 saturated carbocycles. The lowest BCUT2D eigenvalue weighted by molar-refractivity contribution is 0.463. The Kier molecular flexibility index (Phi) is 4.97. The van der Waals surface area contributed by atoms with Gasteiger partial charge in [0.15, 0.2) is 0 Å². The van der Waals surface area contributed by atoms with Crippen molar-refractivity contribution < 1.29 is 9.13 Å². The van der Waals surface area contributed by atoms with Crippen LogP contribution in [0.3, 0.4) is 0 Å². The van der Waals surface area contributed by atoms with E-state index >= 15 is 0 Å². The van der Waals surface area contributed by atoms with Crippen LogP contribution in [0.4, 0.5) is 4.39 Å². The van der Waals surface area contributed by atoms with Crippen LogP contribution >= 0.6 is 0 Å². The second kappa shape index (κ2) is 6.72. The molecule has 0 aliphatic heterocycles. The molecule has 2 aromatic carbocycles. The topological polar surface area (TPSA) is 21.3 Å². The summed E-state index contributed by atoms with van der Waals surface area (Å²) in [6.07, 6.45) is 0. The molecule has 0 bridgehead atoms. The minimum atomic E-state index is -0.252. The predicted octanol–water partition coefficient (Wildman–Crippen LogP) is 4.77. The van der Waals surface area contributed by atoms with Crippen LogP contribution in [-0.4, -0.2) is 7.05 Å². The maximum Gasteiger partial charge on any atom is 0.134 e. The van der Waals surface area contributed by atoms with Gasteiger partial charge in [0.05, 0.1) is 0 Å². The van der Waals surface area contributed by atoms with Gasteiger partial charge < -0.3 is 10.1 Å². The van der Waals surface area contributed by atoms with Crippen LogP contribution in [0.2, 0.25) is 0 Å². The van der Waals surface area contributed by atoms with E-state index in [1.165, 1.54) is 17.2 Å². The molecule has 0 fully saturated rings. The maximum absolute atomic E-state index is 13.9. The molecule has 0 aliphatic rings. The first kappa shape index (κ1) is 15.5. The van der Waals surface area contributed by atoms with Crippen LogP contribution in [0, 0.1) is 12.7 Å². The third-order valence-corrected chi connectivity index (χ3v) is 3.52. The zero-order valence-electron chi connectivity index (χ0n) is 13.0. The third kappa shape index (κ3) is 3.61. The zero-order chi connectivity index (χ0) is 15.4. The van der Waals surface area contributed by atoms with E-state index in [0.29, 0.717) is 23.8 Å². The molecule has 2 rings (SSSR count). The summed E-state index contributed by atoms with van der Waals surface area (Å²) in [5.74, 6) is 1.52. The molecule has 0 heterocycles. The molecule has 21 heavy (non-hydrogen) atoms. The van der Waals surface area contributed by atoms with Crippen LogP contribution in [0.25, 0.3) is 0 Å². The molecule has 2 aromatic rings. The Balaban J connectivity index is 2.30. The normalized spacial score (nSPS) is 11.0. The van der Waals surface area contributed by atoms with Crippen LogP contribution < -0.4 is 10.1 Å². The van der Waals surface area contributed by atoms with Gasteiger partial charge in [-0.1, -0.05) is 26.0 Å². The molecular weight excluding hydrogens is 265 g/mol. The number of benzene rings is 2. The smallest absolute Gasteiger partial charge is 0.134 e. The lowest BCUT2D eigenvalue weighted by atomic mass is 9.98. The van der Waals surface area contributed by atoms with Crippen LogP contribution in [0.1, 0.15) is 36.5 Å². The van der Waals surface area contributed by atoms with E-state index in [-0.39, 0.29) is 5.82 Å². The van der Waals surface area contributed by atoms with Crippen molar-refractivity contribution in [2.45, 2.75) is 33.2 Å². The van der Waals surface area contributed by atoms with Gasteiger partial charge in [0.25, 0.3) is 0 Å². The second-order valence-corrected chi connectivity index (χ2v) is 5.52. The molecule has 0 aliphatic carbocycles. The molecule has 1 N–H and O–H groups in total. The van der Waals surface area contributed by atoms with E-state index in [2.05, 4.69) is 32.2 Å². The summed E-state index contributed by atoms with van der Waals surface area (Å²) in [6.45, 7) is 6.84. The van der Waals surface area contributed by atoms with Gasteiger partial charge in [-0.15, -0.1) is 0 Å². The summed E-state index contributed by atoms with van der Waals surface area (Å²) in [5, 5.41) is 2.97. The Morgan fingerprint density at radius 2 is 1.95 bits per heavy atom. The highest BCUT2D eigenvalue weighted by Crippen LogP contribution is 2.30. The highest BCUT2D eigenvalue weighted by atomic mass is 19.1. The van der Waals surface area contributed by atoms with Gasteiger partial charge in [-0.3, -0.25) is 0 Å². The Morgan fingerprint density at radius 3 is 2.57 bits per heavy atom. The first-order valence-electron chi connectivity index (χ1n) is 7.23. The summed E-state index contributed by atoms with van der Waals surface area (Å²) in [6, 6.07) is 10.9. The molecule has 112 valence electrons. The van der Waals surface area contributed by atoms with E-state index < -0.39 is 0 Å². The van der Waals surface area contributed by atoms with E-state index in [9.17, 15) is 4.39 Å². The first-order chi connectivity index (χ1) is 10.0. The van der Waals surface area contributed by atoms with Crippen molar-refractivity contribution in [1.29, 1.82) is 0 Å². The lowest BCUT2D eigenvalue weighted by Gasteiger charge is -2.14. The molecule has 0 saturated heterocycles. The number of halogens is 1. The minimum absolute atomic E-state index is 0.252. The van der Waals surface area contributed by atoms with Crippen LogP contribution in [0.5, 0.6) is 11.5 Å². The monoisotopic (exact) mass is 287 g/mol. The van der Waals surface area contributed by atoms with E-state index in [4.69, 9.17) is 4.74 Å². The van der Waals surface area contributed by atoms with Gasteiger partial charge in [0, 0.05) is 12.1 Å². The SMILES string of the molecule is CNCc1c(F)cccc1Oc1ccc(C(C)C)c(C)c1. The zero-order valence-corrected chi connectivity index (χ0v) is 13.0. The van der Waals surface area contributed by atoms with Crippen molar-refractivity contribution in [3.8, 4) is 11.5 Å². The first-order valence-corrected chi connectivity index (χ1v) is 7.23. The summed E-state index contributed by atoms with van der Waals surface area (Å²) in [4.78, 5) is 0. The van der Waals surface area contributed by atoms with Crippen molar-refractivity contribution >= 4 is 0 Å². The van der Waals surface area contributed by atoms with Gasteiger partial charge >= 0.3 is 0 Å². The molecular formula is C18H22FNO. The number of hydrogen-bond donors (Lipinski definition) is 1. The van der Waals surface area contributed by atoms with E-state index in [1.807, 2.05) is 12.1 Å². The molecule has 0 radical (unpaired) electrons. The summed E-state index contributed by atoms with van der Waals surface area (Å²) < 4.78 is 19.7. The van der Waals surface area contributed by atoms with Crippen molar-refractivity contribution in [2.24, 2.45) is 0 Å². The fraction of sp³-hybridized carbons (Fsp3) is 0.333. The van der Waals surface area contributed by atoms with Gasteiger partial charge in [0.1, 0.15) is 17.3 Å². The third-order valence-electron chi connectivity index (χ3n) is 3.52. The van der Waals surface area contributed by atoms with Crippen molar-refractivity contribution in [3.05, 3.63) is 58.9 Å². The lowest BCUT2D eigenvalue weighted by Crippen LogP contribution is -2.08. The molecule has 3 heteroatoms. The Labute approximate surface area is 126 Å². The van der Waals surface area contributed by atoms with Crippen molar-refractivity contribution in [3.63, 3.8) is 0 Å². The molecule has 0 atom stereocenters. The van der Waals surface area contributed by atoms with Gasteiger partial charge in [-0.2, -0.15) is 0 Å². The Morgan fingerprint density at radius 1 is 1.19 bits per heavy atom. The number of hydrogen-bond acceptors (Lipinski definition) is 2. The summed E-state index contributed by atoms with van der Waals surface area (Å²) >= 11 is 0. The molecule has 0 aromatic heterocycles. The largest absolute Gasteiger partial charge is 0.457 e. The standard InChI is InChI=1S/C18H22FNO/c1-12(2)15-9-8-14(10-13(15)3)21-18-7-5-6-17(19)16(18)11-20-4/h5-10,12,20H,11H2,1-4H3. The molecule has 2 nitrogen and oxygen atoms in total. The number of aryl methyl sites for hydroxylation is 1. The van der Waals surface area contributed by atoms with E-state index in [0.717, 1.165) is 5.75 Å². The average Bonchev–Trinajstić information content (AvgIpc) is 2.42. The number of nitrogens with one attached hydrogen (secondary N) is 1. The van der Waals surface area contributed by atoms with Gasteiger partial charge in [-0.25, -0.2) is 4.39 Å². The summed E-state index contributed by atoms with van der Waals surface area (Å²) in [7, 11) is 1.79. The highest BCUT2D eigenvalue weighted by Gasteiger charge is 2.11. The summed E-state index contributed by atoms with van der Waals surface area (Å²) in [5.41, 5.74) is 3.04.